The van der Waals surface area contributed by atoms with Gasteiger partial charge in [-0.3, -0.25) is 14.4 Å². The third kappa shape index (κ3) is 7.11. The lowest BCUT2D eigenvalue weighted by Crippen LogP contribution is -2.30. The summed E-state index contributed by atoms with van der Waals surface area (Å²) in [6, 6.07) is 10.9. The van der Waals surface area contributed by atoms with Crippen LogP contribution in [0.3, 0.4) is 0 Å². The van der Waals surface area contributed by atoms with E-state index in [1.807, 2.05) is 0 Å². The number of carbonyl (C=O) groups excluding carboxylic acids is 3. The summed E-state index contributed by atoms with van der Waals surface area (Å²) in [6.45, 7) is 0. The van der Waals surface area contributed by atoms with Crippen molar-refractivity contribution in [3.8, 4) is 0 Å². The van der Waals surface area contributed by atoms with Crippen molar-refractivity contribution in [2.24, 2.45) is 0 Å². The van der Waals surface area contributed by atoms with Gasteiger partial charge in [0, 0.05) is 11.4 Å². The van der Waals surface area contributed by atoms with E-state index < -0.39 is 30.0 Å². The van der Waals surface area contributed by atoms with E-state index in [9.17, 15) is 40.7 Å². The Morgan fingerprint density at radius 3 is 1.31 bits per heavy atom. The minimum absolute atomic E-state index is 0.115. The van der Waals surface area contributed by atoms with Gasteiger partial charge in [-0.1, -0.05) is 36.4 Å². The van der Waals surface area contributed by atoms with Crippen LogP contribution in [-0.2, 0) is 14.4 Å². The predicted octanol–water partition coefficient (Wildman–Crippen LogP) is 4.98. The molecule has 0 heterocycles. The number of carbonyl (C=O) groups is 3. The number of para-hydroxylation sites is 2. The van der Waals surface area contributed by atoms with Crippen LogP contribution in [0.2, 0.25) is 0 Å². The number of nitrogens with one attached hydrogen (secondary N) is 2. The van der Waals surface area contributed by atoms with Gasteiger partial charge >= 0.3 is 24.2 Å². The number of halogens is 6. The molecule has 0 saturated carbocycles. The van der Waals surface area contributed by atoms with Gasteiger partial charge in [-0.15, -0.1) is 0 Å². The zero-order valence-electron chi connectivity index (χ0n) is 15.9. The van der Waals surface area contributed by atoms with Crippen LogP contribution in [0.1, 0.15) is 11.1 Å². The summed E-state index contributed by atoms with van der Waals surface area (Å²) in [5, 5.41) is 3.39. The molecule has 0 aliphatic carbocycles. The summed E-state index contributed by atoms with van der Waals surface area (Å²) < 4.78 is 74.6. The van der Waals surface area contributed by atoms with Gasteiger partial charge in [-0.25, -0.2) is 0 Å². The Morgan fingerprint density at radius 1 is 0.625 bits per heavy atom. The van der Waals surface area contributed by atoms with Crippen molar-refractivity contribution in [1.82, 2.24) is 0 Å². The Morgan fingerprint density at radius 2 is 0.969 bits per heavy atom. The van der Waals surface area contributed by atoms with Gasteiger partial charge in [0.25, 0.3) is 0 Å². The molecule has 11 heteroatoms. The van der Waals surface area contributed by atoms with E-state index in [4.69, 9.17) is 0 Å². The normalized spacial score (nSPS) is 12.2. The Kier molecular flexibility index (Phi) is 7.58. The summed E-state index contributed by atoms with van der Waals surface area (Å²) in [4.78, 5) is 34.3. The number of hydrogen-bond acceptors (Lipinski definition) is 3. The van der Waals surface area contributed by atoms with Crippen LogP contribution in [-0.4, -0.2) is 30.0 Å². The molecule has 0 fully saturated rings. The fourth-order valence-electron chi connectivity index (χ4n) is 2.30. The molecule has 2 amide bonds. The standard InChI is InChI=1S/C21H14F6N2O3/c22-20(23,24)18(31)28-16-7-3-1-5-13(16)9-11-15(30)12-10-14-6-2-4-8-17(14)29-19(32)21(25,26)27/h1-12H,(H,28,31)(H,29,32)/b11-9+,12-10+. The molecule has 2 aromatic rings. The number of ketones is 1. The monoisotopic (exact) mass is 456 g/mol. The first-order valence-corrected chi connectivity index (χ1v) is 8.72. The fourth-order valence-corrected chi connectivity index (χ4v) is 2.30. The molecule has 0 aliphatic heterocycles. The van der Waals surface area contributed by atoms with Crippen LogP contribution in [0.15, 0.2) is 60.7 Å². The summed E-state index contributed by atoms with van der Waals surface area (Å²) in [5.41, 5.74) is -0.125. The minimum atomic E-state index is -5.09. The van der Waals surface area contributed by atoms with Crippen molar-refractivity contribution in [2.45, 2.75) is 12.4 Å². The molecule has 0 spiro atoms. The van der Waals surface area contributed by atoms with E-state index in [1.54, 1.807) is 10.6 Å². The topological polar surface area (TPSA) is 75.3 Å². The van der Waals surface area contributed by atoms with Gasteiger partial charge < -0.3 is 10.6 Å². The highest BCUT2D eigenvalue weighted by Crippen LogP contribution is 2.23. The van der Waals surface area contributed by atoms with E-state index >= 15 is 0 Å². The maximum Gasteiger partial charge on any atom is 0.471 e. The fraction of sp³-hybridized carbons (Fsp3) is 0.0952. The molecule has 2 aromatic carbocycles. The van der Waals surface area contributed by atoms with Gasteiger partial charge in [0.05, 0.1) is 0 Å². The molecule has 2 N–H and O–H groups in total. The molecule has 0 aromatic heterocycles. The Balaban J connectivity index is 2.15. The molecule has 5 nitrogen and oxygen atoms in total. The molecular formula is C21H14F6N2O3. The molecule has 0 radical (unpaired) electrons. The van der Waals surface area contributed by atoms with Crippen molar-refractivity contribution < 1.29 is 40.7 Å². The van der Waals surface area contributed by atoms with Crippen LogP contribution < -0.4 is 10.6 Å². The third-order valence-corrected chi connectivity index (χ3v) is 3.79. The van der Waals surface area contributed by atoms with E-state index in [0.29, 0.717) is 0 Å². The second-order valence-corrected chi connectivity index (χ2v) is 6.15. The van der Waals surface area contributed by atoms with Gasteiger partial charge in [-0.05, 0) is 47.6 Å². The zero-order valence-corrected chi connectivity index (χ0v) is 15.9. The van der Waals surface area contributed by atoms with E-state index in [-0.39, 0.29) is 22.5 Å². The highest BCUT2D eigenvalue weighted by Gasteiger charge is 2.39. The number of rotatable bonds is 6. The number of benzene rings is 2. The predicted molar refractivity (Wildman–Crippen MR) is 105 cm³/mol. The van der Waals surface area contributed by atoms with Gasteiger partial charge in [0.1, 0.15) is 0 Å². The van der Waals surface area contributed by atoms with Crippen molar-refractivity contribution in [2.75, 3.05) is 10.6 Å². The molecule has 2 rings (SSSR count). The molecule has 0 unspecified atom stereocenters. The van der Waals surface area contributed by atoms with Crippen LogP contribution in [0, 0.1) is 0 Å². The zero-order chi connectivity index (χ0) is 23.9. The minimum Gasteiger partial charge on any atom is -0.318 e. The number of allylic oxidation sites excluding steroid dienone is 2. The highest BCUT2D eigenvalue weighted by atomic mass is 19.4. The van der Waals surface area contributed by atoms with E-state index in [1.165, 1.54) is 48.5 Å². The van der Waals surface area contributed by atoms with Crippen molar-refractivity contribution in [3.63, 3.8) is 0 Å². The van der Waals surface area contributed by atoms with Crippen molar-refractivity contribution >= 4 is 41.1 Å². The quantitative estimate of drug-likeness (QED) is 0.476. The van der Waals surface area contributed by atoms with Crippen molar-refractivity contribution in [3.05, 3.63) is 71.8 Å². The molecule has 0 saturated heterocycles. The maximum atomic E-state index is 12.4. The SMILES string of the molecule is O=C(/C=C/c1ccccc1NC(=O)C(F)(F)F)/C=C/c1ccccc1NC(=O)C(F)(F)F. The third-order valence-electron chi connectivity index (χ3n) is 3.79. The Bertz CT molecular complexity index is 988. The van der Waals surface area contributed by atoms with Gasteiger partial charge in [0.2, 0.25) is 0 Å². The van der Waals surface area contributed by atoms with Crippen LogP contribution >= 0.6 is 0 Å². The second kappa shape index (κ2) is 9.94. The lowest BCUT2D eigenvalue weighted by Gasteiger charge is -2.10. The molecule has 0 bridgehead atoms. The second-order valence-electron chi connectivity index (χ2n) is 6.15. The summed E-state index contributed by atoms with van der Waals surface area (Å²) in [7, 11) is 0. The van der Waals surface area contributed by atoms with Crippen LogP contribution in [0.25, 0.3) is 12.2 Å². The maximum absolute atomic E-state index is 12.4. The molecule has 0 aliphatic rings. The van der Waals surface area contributed by atoms with Gasteiger partial charge in [-0.2, -0.15) is 26.3 Å². The first-order valence-electron chi connectivity index (χ1n) is 8.72. The molecule has 168 valence electrons. The summed E-state index contributed by atoms with van der Waals surface area (Å²) >= 11 is 0. The molecular weight excluding hydrogens is 442 g/mol. The van der Waals surface area contributed by atoms with Crippen molar-refractivity contribution in [1.29, 1.82) is 0 Å². The summed E-state index contributed by atoms with van der Waals surface area (Å²) in [6.07, 6.45) is -5.88. The smallest absolute Gasteiger partial charge is 0.318 e. The lowest BCUT2D eigenvalue weighted by atomic mass is 10.1. The summed E-state index contributed by atoms with van der Waals surface area (Å²) in [5.74, 6) is -5.01. The lowest BCUT2D eigenvalue weighted by molar-refractivity contribution is -0.167. The first-order chi connectivity index (χ1) is 14.9. The Hall–Kier alpha value is -3.89. The average molecular weight is 456 g/mol. The van der Waals surface area contributed by atoms with E-state index in [2.05, 4.69) is 0 Å². The first kappa shape index (κ1) is 24.4. The van der Waals surface area contributed by atoms with Crippen LogP contribution in [0.4, 0.5) is 37.7 Å². The van der Waals surface area contributed by atoms with E-state index in [0.717, 1.165) is 24.3 Å². The number of amides is 2. The average Bonchev–Trinajstić information content (AvgIpc) is 2.71. The van der Waals surface area contributed by atoms with Crippen LogP contribution in [0.5, 0.6) is 0 Å². The highest BCUT2D eigenvalue weighted by molar-refractivity contribution is 6.06. The molecule has 32 heavy (non-hydrogen) atoms. The molecule has 0 atom stereocenters. The number of hydrogen-bond donors (Lipinski definition) is 2. The van der Waals surface area contributed by atoms with Gasteiger partial charge in [0.15, 0.2) is 5.78 Å². The number of anilines is 2. The Labute approximate surface area is 177 Å². The number of alkyl halides is 6. The largest absolute Gasteiger partial charge is 0.471 e.